The summed E-state index contributed by atoms with van der Waals surface area (Å²) < 4.78 is 7.68. The summed E-state index contributed by atoms with van der Waals surface area (Å²) in [6.45, 7) is 3.16. The van der Waals surface area contributed by atoms with Gasteiger partial charge in [0.15, 0.2) is 0 Å². The van der Waals surface area contributed by atoms with Crippen LogP contribution in [-0.2, 0) is 31.4 Å². The van der Waals surface area contributed by atoms with Gasteiger partial charge in [-0.1, -0.05) is 23.7 Å². The molecule has 0 saturated heterocycles. The summed E-state index contributed by atoms with van der Waals surface area (Å²) in [5.41, 5.74) is 3.47. The molecule has 23 heavy (non-hydrogen) atoms. The van der Waals surface area contributed by atoms with Crippen molar-refractivity contribution in [2.45, 2.75) is 25.7 Å². The molecule has 0 spiro atoms. The van der Waals surface area contributed by atoms with Gasteiger partial charge in [0.1, 0.15) is 0 Å². The van der Waals surface area contributed by atoms with E-state index in [2.05, 4.69) is 14.5 Å². The van der Waals surface area contributed by atoms with E-state index in [-0.39, 0.29) is 0 Å². The monoisotopic (exact) mass is 335 g/mol. The highest BCUT2D eigenvalue weighted by atomic mass is 35.5. The van der Waals surface area contributed by atoms with Gasteiger partial charge in [0.05, 0.1) is 31.3 Å². The molecule has 0 saturated carbocycles. The van der Waals surface area contributed by atoms with Gasteiger partial charge in [0.2, 0.25) is 0 Å². The fourth-order valence-corrected chi connectivity index (χ4v) is 3.04. The number of rotatable bonds is 6. The number of hydrogen-bond acceptors (Lipinski definition) is 4. The van der Waals surface area contributed by atoms with Crippen molar-refractivity contribution in [1.82, 2.24) is 14.5 Å². The minimum atomic E-state index is -0.493. The zero-order valence-electron chi connectivity index (χ0n) is 13.3. The van der Waals surface area contributed by atoms with Crippen molar-refractivity contribution in [3.8, 4) is 0 Å². The Morgan fingerprint density at radius 2 is 2.13 bits per heavy atom. The maximum atomic E-state index is 10.2. The normalized spacial score (nSPS) is 16.3. The van der Waals surface area contributed by atoms with Crippen molar-refractivity contribution in [2.24, 2.45) is 7.05 Å². The van der Waals surface area contributed by atoms with E-state index in [0.717, 1.165) is 30.8 Å². The molecular weight excluding hydrogens is 314 g/mol. The van der Waals surface area contributed by atoms with E-state index >= 15 is 0 Å². The zero-order valence-corrected chi connectivity index (χ0v) is 14.0. The van der Waals surface area contributed by atoms with Crippen LogP contribution in [0.1, 0.15) is 17.0 Å². The Balaban J connectivity index is 1.41. The molecule has 6 heteroatoms. The molecule has 0 aliphatic carbocycles. The molecule has 0 fully saturated rings. The minimum Gasteiger partial charge on any atom is -0.389 e. The Hall–Kier alpha value is -1.40. The Kier molecular flexibility index (Phi) is 5.33. The molecule has 1 atom stereocenters. The number of aromatic nitrogens is 2. The quantitative estimate of drug-likeness (QED) is 0.877. The predicted octanol–water partition coefficient (Wildman–Crippen LogP) is 2.01. The van der Waals surface area contributed by atoms with Crippen molar-refractivity contribution < 1.29 is 9.84 Å². The molecule has 1 aliphatic rings. The number of halogens is 1. The fourth-order valence-electron chi connectivity index (χ4n) is 2.91. The SMILES string of the molecule is Cn1cnc2c1CCN(C[C@H](O)COCc1ccc(Cl)cc1)C2. The van der Waals surface area contributed by atoms with E-state index in [1.807, 2.05) is 37.6 Å². The van der Waals surface area contributed by atoms with E-state index < -0.39 is 6.10 Å². The van der Waals surface area contributed by atoms with Gasteiger partial charge in [-0.25, -0.2) is 4.98 Å². The number of benzene rings is 1. The second kappa shape index (κ2) is 7.45. The number of β-amino-alcohol motifs (C(OH)–C–C–N with tert-alkyl or cyclic N) is 1. The zero-order chi connectivity index (χ0) is 16.2. The van der Waals surface area contributed by atoms with Crippen LogP contribution in [0.2, 0.25) is 5.02 Å². The van der Waals surface area contributed by atoms with Gasteiger partial charge in [0.25, 0.3) is 0 Å². The molecule has 0 unspecified atom stereocenters. The Morgan fingerprint density at radius 1 is 1.35 bits per heavy atom. The van der Waals surface area contributed by atoms with Crippen molar-refractivity contribution in [2.75, 3.05) is 19.7 Å². The van der Waals surface area contributed by atoms with Crippen LogP contribution in [0.3, 0.4) is 0 Å². The summed E-state index contributed by atoms with van der Waals surface area (Å²) in [6.07, 6.45) is 2.34. The molecule has 3 rings (SSSR count). The second-order valence-electron chi connectivity index (χ2n) is 6.03. The topological polar surface area (TPSA) is 50.5 Å². The summed E-state index contributed by atoms with van der Waals surface area (Å²) in [7, 11) is 2.03. The highest BCUT2D eigenvalue weighted by Crippen LogP contribution is 2.17. The fraction of sp³-hybridized carbons (Fsp3) is 0.471. The molecule has 1 aromatic heterocycles. The summed E-state index contributed by atoms with van der Waals surface area (Å²) in [6, 6.07) is 7.55. The Morgan fingerprint density at radius 3 is 2.91 bits per heavy atom. The van der Waals surface area contributed by atoms with Crippen LogP contribution in [0.5, 0.6) is 0 Å². The molecule has 124 valence electrons. The number of aliphatic hydroxyl groups excluding tert-OH is 1. The smallest absolute Gasteiger partial charge is 0.0949 e. The average Bonchev–Trinajstić information content (AvgIpc) is 2.90. The molecule has 0 bridgehead atoms. The number of fused-ring (bicyclic) bond motifs is 1. The highest BCUT2D eigenvalue weighted by molar-refractivity contribution is 6.30. The summed E-state index contributed by atoms with van der Waals surface area (Å²) >= 11 is 5.85. The third-order valence-corrected chi connectivity index (χ3v) is 4.40. The maximum absolute atomic E-state index is 10.2. The van der Waals surface area contributed by atoms with Gasteiger partial charge < -0.3 is 14.4 Å². The van der Waals surface area contributed by atoms with Gasteiger partial charge in [0, 0.05) is 43.8 Å². The largest absolute Gasteiger partial charge is 0.389 e. The average molecular weight is 336 g/mol. The predicted molar refractivity (Wildman–Crippen MR) is 89.3 cm³/mol. The summed E-state index contributed by atoms with van der Waals surface area (Å²) in [5.74, 6) is 0. The number of aliphatic hydroxyl groups is 1. The van der Waals surface area contributed by atoms with Crippen LogP contribution in [0.15, 0.2) is 30.6 Å². The van der Waals surface area contributed by atoms with Crippen LogP contribution in [0.25, 0.3) is 0 Å². The molecule has 0 amide bonds. The van der Waals surface area contributed by atoms with Crippen LogP contribution in [0.4, 0.5) is 0 Å². The maximum Gasteiger partial charge on any atom is 0.0949 e. The van der Waals surface area contributed by atoms with Crippen LogP contribution >= 0.6 is 11.6 Å². The molecular formula is C17H22ClN3O2. The lowest BCUT2D eigenvalue weighted by Crippen LogP contribution is -2.38. The van der Waals surface area contributed by atoms with Crippen molar-refractivity contribution in [3.05, 3.63) is 52.6 Å². The first-order chi connectivity index (χ1) is 11.1. The minimum absolute atomic E-state index is 0.328. The molecule has 0 radical (unpaired) electrons. The third-order valence-electron chi connectivity index (χ3n) is 4.15. The van der Waals surface area contributed by atoms with Gasteiger partial charge >= 0.3 is 0 Å². The van der Waals surface area contributed by atoms with E-state index in [9.17, 15) is 5.11 Å². The number of aryl methyl sites for hydroxylation is 1. The lowest BCUT2D eigenvalue weighted by Gasteiger charge is -2.28. The van der Waals surface area contributed by atoms with Crippen LogP contribution in [-0.4, -0.2) is 45.4 Å². The van der Waals surface area contributed by atoms with Crippen LogP contribution < -0.4 is 0 Å². The lowest BCUT2D eigenvalue weighted by molar-refractivity contribution is 0.00744. The third kappa shape index (κ3) is 4.32. The Labute approximate surface area is 141 Å². The van der Waals surface area contributed by atoms with Crippen molar-refractivity contribution >= 4 is 11.6 Å². The van der Waals surface area contributed by atoms with E-state index in [1.54, 1.807) is 0 Å². The van der Waals surface area contributed by atoms with Gasteiger partial charge in [-0.15, -0.1) is 0 Å². The number of nitrogens with zero attached hydrogens (tertiary/aromatic N) is 3. The van der Waals surface area contributed by atoms with Gasteiger partial charge in [-0.3, -0.25) is 4.90 Å². The van der Waals surface area contributed by atoms with Crippen molar-refractivity contribution in [3.63, 3.8) is 0 Å². The first-order valence-electron chi connectivity index (χ1n) is 7.83. The molecule has 1 aliphatic heterocycles. The molecule has 1 aromatic carbocycles. The first-order valence-corrected chi connectivity index (χ1v) is 8.21. The first kappa shape index (κ1) is 16.5. The van der Waals surface area contributed by atoms with Crippen molar-refractivity contribution in [1.29, 1.82) is 0 Å². The number of ether oxygens (including phenoxy) is 1. The Bertz CT molecular complexity index is 642. The van der Waals surface area contributed by atoms with E-state index in [1.165, 1.54) is 5.69 Å². The lowest BCUT2D eigenvalue weighted by atomic mass is 10.1. The standard InChI is InChI=1S/C17H22ClN3O2/c1-20-12-19-16-9-21(7-6-17(16)20)8-15(22)11-23-10-13-2-4-14(18)5-3-13/h2-5,12,15,22H,6-11H2,1H3/t15-/m0/s1. The molecule has 1 N–H and O–H groups in total. The number of imidazole rings is 1. The highest BCUT2D eigenvalue weighted by Gasteiger charge is 2.21. The molecule has 5 nitrogen and oxygen atoms in total. The molecule has 2 aromatic rings. The van der Waals surface area contributed by atoms with E-state index in [4.69, 9.17) is 16.3 Å². The van der Waals surface area contributed by atoms with Gasteiger partial charge in [-0.2, -0.15) is 0 Å². The molecule has 2 heterocycles. The summed E-state index contributed by atoms with van der Waals surface area (Å²) in [5, 5.41) is 10.9. The van der Waals surface area contributed by atoms with Gasteiger partial charge in [-0.05, 0) is 17.7 Å². The summed E-state index contributed by atoms with van der Waals surface area (Å²) in [4.78, 5) is 6.65. The second-order valence-corrected chi connectivity index (χ2v) is 6.47. The van der Waals surface area contributed by atoms with Crippen LogP contribution in [0, 0.1) is 0 Å². The number of hydrogen-bond donors (Lipinski definition) is 1. The van der Waals surface area contributed by atoms with E-state index in [0.29, 0.717) is 24.8 Å².